The molecule has 1 N–H and O–H groups in total. The SMILES string of the molecule is N#C/C(=C\c1cccc(C#N)c1)c1nc2ccccc2[nH]1. The molecule has 0 atom stereocenters. The molecule has 0 bridgehead atoms. The summed E-state index contributed by atoms with van der Waals surface area (Å²) in [5.74, 6) is 0.529. The molecule has 3 aromatic rings. The van der Waals surface area contributed by atoms with E-state index in [1.54, 1.807) is 24.3 Å². The smallest absolute Gasteiger partial charge is 0.149 e. The van der Waals surface area contributed by atoms with Crippen LogP contribution in [0, 0.1) is 22.7 Å². The minimum Gasteiger partial charge on any atom is -0.337 e. The van der Waals surface area contributed by atoms with E-state index in [0.29, 0.717) is 17.0 Å². The zero-order valence-electron chi connectivity index (χ0n) is 11.0. The molecule has 0 amide bonds. The van der Waals surface area contributed by atoms with Crippen LogP contribution in [0.4, 0.5) is 0 Å². The molecule has 98 valence electrons. The third-order valence-electron chi connectivity index (χ3n) is 3.09. The highest BCUT2D eigenvalue weighted by atomic mass is 14.9. The molecule has 1 aromatic heterocycles. The predicted molar refractivity (Wildman–Crippen MR) is 80.7 cm³/mol. The topological polar surface area (TPSA) is 76.3 Å². The standard InChI is InChI=1S/C17H10N4/c18-10-13-5-3-4-12(8-13)9-14(11-19)17-20-15-6-1-2-7-16(15)21-17/h1-9H,(H,20,21)/b14-9+. The van der Waals surface area contributed by atoms with Gasteiger partial charge in [0.25, 0.3) is 0 Å². The number of H-pyrrole nitrogens is 1. The van der Waals surface area contributed by atoms with Gasteiger partial charge in [0.1, 0.15) is 11.9 Å². The van der Waals surface area contributed by atoms with E-state index in [4.69, 9.17) is 5.26 Å². The molecular formula is C17H10N4. The van der Waals surface area contributed by atoms with Crippen LogP contribution in [0.25, 0.3) is 22.7 Å². The summed E-state index contributed by atoms with van der Waals surface area (Å²) >= 11 is 0. The lowest BCUT2D eigenvalue weighted by molar-refractivity contribution is 1.27. The maximum atomic E-state index is 9.35. The van der Waals surface area contributed by atoms with Crippen LogP contribution in [0.15, 0.2) is 48.5 Å². The fraction of sp³-hybridized carbons (Fsp3) is 0. The zero-order valence-corrected chi connectivity index (χ0v) is 11.0. The van der Waals surface area contributed by atoms with Crippen molar-refractivity contribution in [3.8, 4) is 12.1 Å². The minimum absolute atomic E-state index is 0.432. The minimum atomic E-state index is 0.432. The number of allylic oxidation sites excluding steroid dienone is 1. The maximum Gasteiger partial charge on any atom is 0.149 e. The highest BCUT2D eigenvalue weighted by molar-refractivity contribution is 5.90. The summed E-state index contributed by atoms with van der Waals surface area (Å²) in [6, 6.07) is 19.0. The molecule has 2 aromatic carbocycles. The summed E-state index contributed by atoms with van der Waals surface area (Å²) in [5, 5.41) is 18.3. The van der Waals surface area contributed by atoms with E-state index in [2.05, 4.69) is 22.1 Å². The van der Waals surface area contributed by atoms with Crippen LogP contribution in [-0.4, -0.2) is 9.97 Å². The van der Waals surface area contributed by atoms with E-state index in [1.807, 2.05) is 30.3 Å². The Kier molecular flexibility index (Phi) is 3.21. The van der Waals surface area contributed by atoms with Crippen LogP contribution < -0.4 is 0 Å². The molecule has 0 saturated heterocycles. The number of nitriles is 2. The lowest BCUT2D eigenvalue weighted by Crippen LogP contribution is -1.85. The van der Waals surface area contributed by atoms with E-state index in [1.165, 1.54) is 0 Å². The van der Waals surface area contributed by atoms with Crippen molar-refractivity contribution in [1.29, 1.82) is 10.5 Å². The largest absolute Gasteiger partial charge is 0.337 e. The first kappa shape index (κ1) is 12.7. The summed E-state index contributed by atoms with van der Waals surface area (Å²) in [5.41, 5.74) is 3.50. The summed E-state index contributed by atoms with van der Waals surface area (Å²) in [4.78, 5) is 7.54. The van der Waals surface area contributed by atoms with Gasteiger partial charge in [-0.3, -0.25) is 0 Å². The number of fused-ring (bicyclic) bond motifs is 1. The van der Waals surface area contributed by atoms with Gasteiger partial charge in [-0.1, -0.05) is 24.3 Å². The van der Waals surface area contributed by atoms with Crippen LogP contribution in [0.3, 0.4) is 0 Å². The summed E-state index contributed by atoms with van der Waals surface area (Å²) in [7, 11) is 0. The van der Waals surface area contributed by atoms with Gasteiger partial charge in [0.2, 0.25) is 0 Å². The molecule has 4 nitrogen and oxygen atoms in total. The predicted octanol–water partition coefficient (Wildman–Crippen LogP) is 3.50. The van der Waals surface area contributed by atoms with Crippen molar-refractivity contribution in [1.82, 2.24) is 9.97 Å². The molecule has 4 heteroatoms. The molecule has 21 heavy (non-hydrogen) atoms. The van der Waals surface area contributed by atoms with Gasteiger partial charge < -0.3 is 4.98 Å². The Labute approximate surface area is 121 Å². The van der Waals surface area contributed by atoms with Gasteiger partial charge in [-0.25, -0.2) is 4.98 Å². The monoisotopic (exact) mass is 270 g/mol. The Balaban J connectivity index is 2.07. The second-order valence-corrected chi connectivity index (χ2v) is 4.51. The zero-order chi connectivity index (χ0) is 14.7. The normalized spacial score (nSPS) is 11.0. The maximum absolute atomic E-state index is 9.35. The highest BCUT2D eigenvalue weighted by Crippen LogP contribution is 2.19. The number of para-hydroxylation sites is 2. The van der Waals surface area contributed by atoms with Gasteiger partial charge in [-0.2, -0.15) is 10.5 Å². The Morgan fingerprint density at radius 1 is 1.10 bits per heavy atom. The van der Waals surface area contributed by atoms with E-state index >= 15 is 0 Å². The molecule has 0 aliphatic heterocycles. The van der Waals surface area contributed by atoms with Crippen LogP contribution in [-0.2, 0) is 0 Å². The van der Waals surface area contributed by atoms with E-state index in [-0.39, 0.29) is 0 Å². The van der Waals surface area contributed by atoms with E-state index in [0.717, 1.165) is 16.6 Å². The number of rotatable bonds is 2. The number of aromatic nitrogens is 2. The lowest BCUT2D eigenvalue weighted by atomic mass is 10.1. The Morgan fingerprint density at radius 2 is 1.95 bits per heavy atom. The second-order valence-electron chi connectivity index (χ2n) is 4.51. The molecular weight excluding hydrogens is 260 g/mol. The number of hydrogen-bond donors (Lipinski definition) is 1. The first-order valence-corrected chi connectivity index (χ1v) is 6.37. The van der Waals surface area contributed by atoms with Crippen molar-refractivity contribution in [2.24, 2.45) is 0 Å². The molecule has 0 aliphatic carbocycles. The molecule has 0 aliphatic rings. The van der Waals surface area contributed by atoms with Crippen molar-refractivity contribution in [3.05, 3.63) is 65.5 Å². The average molecular weight is 270 g/mol. The first-order chi connectivity index (χ1) is 10.3. The Morgan fingerprint density at radius 3 is 2.71 bits per heavy atom. The van der Waals surface area contributed by atoms with Gasteiger partial charge in [-0.15, -0.1) is 0 Å². The highest BCUT2D eigenvalue weighted by Gasteiger charge is 2.07. The molecule has 1 heterocycles. The fourth-order valence-electron chi connectivity index (χ4n) is 2.10. The third kappa shape index (κ3) is 2.51. The second kappa shape index (κ2) is 5.32. The van der Waals surface area contributed by atoms with Crippen LogP contribution >= 0.6 is 0 Å². The average Bonchev–Trinajstić information content (AvgIpc) is 2.96. The van der Waals surface area contributed by atoms with Gasteiger partial charge in [0.15, 0.2) is 0 Å². The first-order valence-electron chi connectivity index (χ1n) is 6.37. The molecule has 0 radical (unpaired) electrons. The number of benzene rings is 2. The molecule has 0 spiro atoms. The molecule has 0 saturated carbocycles. The van der Waals surface area contributed by atoms with Crippen molar-refractivity contribution in [2.75, 3.05) is 0 Å². The van der Waals surface area contributed by atoms with Gasteiger partial charge >= 0.3 is 0 Å². The van der Waals surface area contributed by atoms with Crippen molar-refractivity contribution in [2.45, 2.75) is 0 Å². The number of hydrogen-bond acceptors (Lipinski definition) is 3. The van der Waals surface area contributed by atoms with Crippen LogP contribution in [0.5, 0.6) is 0 Å². The fourth-order valence-corrected chi connectivity index (χ4v) is 2.10. The van der Waals surface area contributed by atoms with Gasteiger partial charge in [0.05, 0.1) is 28.2 Å². The quantitative estimate of drug-likeness (QED) is 0.724. The van der Waals surface area contributed by atoms with E-state index < -0.39 is 0 Å². The summed E-state index contributed by atoms with van der Waals surface area (Å²) in [6.07, 6.45) is 1.72. The summed E-state index contributed by atoms with van der Waals surface area (Å²) < 4.78 is 0. The third-order valence-corrected chi connectivity index (χ3v) is 3.09. The van der Waals surface area contributed by atoms with Crippen molar-refractivity contribution >= 4 is 22.7 Å². The number of imidazole rings is 1. The van der Waals surface area contributed by atoms with Gasteiger partial charge in [0, 0.05) is 0 Å². The van der Waals surface area contributed by atoms with Crippen molar-refractivity contribution < 1.29 is 0 Å². The van der Waals surface area contributed by atoms with Crippen LogP contribution in [0.1, 0.15) is 17.0 Å². The number of nitrogens with zero attached hydrogens (tertiary/aromatic N) is 3. The van der Waals surface area contributed by atoms with Crippen LogP contribution in [0.2, 0.25) is 0 Å². The lowest BCUT2D eigenvalue weighted by Gasteiger charge is -1.96. The van der Waals surface area contributed by atoms with E-state index in [9.17, 15) is 5.26 Å². The Bertz CT molecular complexity index is 887. The summed E-state index contributed by atoms with van der Waals surface area (Å²) in [6.45, 7) is 0. The number of nitrogens with one attached hydrogen (secondary N) is 1. The Hall–Kier alpha value is -3.37. The molecule has 0 unspecified atom stereocenters. The number of aromatic amines is 1. The van der Waals surface area contributed by atoms with Crippen molar-refractivity contribution in [3.63, 3.8) is 0 Å². The van der Waals surface area contributed by atoms with Gasteiger partial charge in [-0.05, 0) is 35.9 Å². The molecule has 0 fully saturated rings. The molecule has 3 rings (SSSR count).